The lowest BCUT2D eigenvalue weighted by atomic mass is 10.0. The van der Waals surface area contributed by atoms with Crippen LogP contribution in [0, 0.1) is 12.8 Å². The number of rotatable bonds is 6. The molecule has 2 aromatic carbocycles. The van der Waals surface area contributed by atoms with Crippen molar-refractivity contribution in [2.24, 2.45) is 5.92 Å². The van der Waals surface area contributed by atoms with Gasteiger partial charge >= 0.3 is 0 Å². The second kappa shape index (κ2) is 20.4. The molecule has 5 amide bonds. The van der Waals surface area contributed by atoms with E-state index in [2.05, 4.69) is 21.3 Å². The lowest BCUT2D eigenvalue weighted by Gasteiger charge is -2.26. The van der Waals surface area contributed by atoms with Crippen molar-refractivity contribution >= 4 is 40.5 Å². The average Bonchev–Trinajstić information content (AvgIpc) is 3.49. The highest BCUT2D eigenvalue weighted by molar-refractivity contribution is 5.99. The zero-order valence-electron chi connectivity index (χ0n) is 32.6. The van der Waals surface area contributed by atoms with Crippen molar-refractivity contribution in [1.82, 2.24) is 26.2 Å². The predicted octanol–water partition coefficient (Wildman–Crippen LogP) is 3.03. The molecule has 300 valence electrons. The molecule has 5 N–H and O–H groups in total. The molecule has 5 rings (SSSR count). The number of benzene rings is 2. The molecule has 15 heteroatoms. The van der Waals surface area contributed by atoms with Crippen LogP contribution in [0.3, 0.4) is 0 Å². The van der Waals surface area contributed by atoms with Crippen LogP contribution in [0.2, 0.25) is 0 Å². The number of nitrogens with zero attached hydrogens (tertiary/aromatic N) is 1. The van der Waals surface area contributed by atoms with E-state index in [0.29, 0.717) is 73.6 Å². The molecule has 0 unspecified atom stereocenters. The summed E-state index contributed by atoms with van der Waals surface area (Å²) in [5.74, 6) is -0.583. The van der Waals surface area contributed by atoms with Crippen molar-refractivity contribution in [1.29, 1.82) is 0 Å². The second-order valence-corrected chi connectivity index (χ2v) is 14.2. The van der Waals surface area contributed by atoms with Gasteiger partial charge in [-0.25, -0.2) is 0 Å². The first-order chi connectivity index (χ1) is 26.3. The number of nitrogens with one attached hydrogen (secondary N) is 4. The van der Waals surface area contributed by atoms with Gasteiger partial charge in [-0.15, -0.1) is 0 Å². The van der Waals surface area contributed by atoms with Gasteiger partial charge in [-0.3, -0.25) is 24.0 Å². The van der Waals surface area contributed by atoms with Gasteiger partial charge in [0.15, 0.2) is 23.9 Å². The molecule has 0 fully saturated rings. The summed E-state index contributed by atoms with van der Waals surface area (Å²) in [6.45, 7) is 7.94. The number of fused-ring (bicyclic) bond motifs is 24. The highest BCUT2D eigenvalue weighted by atomic mass is 16.5. The highest BCUT2D eigenvalue weighted by Gasteiger charge is 2.30. The molecule has 0 aliphatic carbocycles. The minimum Gasteiger partial charge on any atom is -0.497 e. The topological polar surface area (TPSA) is 198 Å². The summed E-state index contributed by atoms with van der Waals surface area (Å²) >= 11 is 0. The quantitative estimate of drug-likeness (QED) is 0.233. The number of methoxy groups -OCH3 is 2. The molecule has 2 aliphatic rings. The van der Waals surface area contributed by atoms with E-state index in [-0.39, 0.29) is 55.5 Å². The van der Waals surface area contributed by atoms with Gasteiger partial charge in [0.25, 0.3) is 11.8 Å². The zero-order valence-corrected chi connectivity index (χ0v) is 32.6. The van der Waals surface area contributed by atoms with Crippen LogP contribution < -0.4 is 35.5 Å². The van der Waals surface area contributed by atoms with Crippen LogP contribution in [-0.4, -0.2) is 105 Å². The van der Waals surface area contributed by atoms with E-state index in [1.165, 1.54) is 14.0 Å². The molecule has 0 saturated heterocycles. The Morgan fingerprint density at radius 3 is 2.35 bits per heavy atom. The van der Waals surface area contributed by atoms with Gasteiger partial charge in [0, 0.05) is 49.6 Å². The fraction of sp³-hybridized carbons (Fsp3) is 0.525. The Hall–Kier alpha value is -5.31. The van der Waals surface area contributed by atoms with Crippen LogP contribution in [0.15, 0.2) is 40.8 Å². The van der Waals surface area contributed by atoms with Gasteiger partial charge < -0.3 is 49.9 Å². The van der Waals surface area contributed by atoms with Gasteiger partial charge in [-0.1, -0.05) is 19.9 Å². The summed E-state index contributed by atoms with van der Waals surface area (Å²) in [6, 6.07) is 8.34. The monoisotopic (exact) mass is 765 g/mol. The van der Waals surface area contributed by atoms with E-state index >= 15 is 0 Å². The van der Waals surface area contributed by atoms with Crippen molar-refractivity contribution in [2.45, 2.75) is 84.4 Å². The van der Waals surface area contributed by atoms with Gasteiger partial charge in [0.1, 0.15) is 23.4 Å². The Kier molecular flexibility index (Phi) is 15.7. The maximum absolute atomic E-state index is 13.9. The van der Waals surface area contributed by atoms with Crippen LogP contribution in [0.25, 0.3) is 11.0 Å². The fourth-order valence-electron chi connectivity index (χ4n) is 6.31. The molecular formula is C40H55N5O10. The van der Waals surface area contributed by atoms with Crippen LogP contribution in [0.5, 0.6) is 17.2 Å². The minimum absolute atomic E-state index is 0.0415. The van der Waals surface area contributed by atoms with Gasteiger partial charge in [0.2, 0.25) is 17.7 Å². The number of furan rings is 1. The summed E-state index contributed by atoms with van der Waals surface area (Å²) in [4.78, 5) is 67.9. The Morgan fingerprint density at radius 2 is 1.64 bits per heavy atom. The van der Waals surface area contributed by atoms with E-state index < -0.39 is 30.0 Å². The number of aryl methyl sites for hydroxylation is 2. The third-order valence-electron chi connectivity index (χ3n) is 9.36. The summed E-state index contributed by atoms with van der Waals surface area (Å²) in [6.07, 6.45) is 0.946. The number of carbonyl (C=O) groups is 5. The van der Waals surface area contributed by atoms with Crippen molar-refractivity contribution in [3.63, 3.8) is 0 Å². The third-order valence-corrected chi connectivity index (χ3v) is 9.36. The number of ether oxygens (including phenoxy) is 3. The number of carbonyl (C=O) groups excluding carboxylic acids is 5. The lowest BCUT2D eigenvalue weighted by molar-refractivity contribution is -0.134. The molecule has 55 heavy (non-hydrogen) atoms. The highest BCUT2D eigenvalue weighted by Crippen LogP contribution is 2.30. The van der Waals surface area contributed by atoms with E-state index in [1.54, 1.807) is 42.3 Å². The van der Waals surface area contributed by atoms with Crippen LogP contribution in [0.4, 0.5) is 0 Å². The smallest absolute Gasteiger partial charge is 0.289 e. The van der Waals surface area contributed by atoms with Crippen LogP contribution in [0.1, 0.15) is 74.6 Å². The first kappa shape index (κ1) is 42.4. The molecule has 0 spiro atoms. The summed E-state index contributed by atoms with van der Waals surface area (Å²) in [5.41, 5.74) is 2.00. The van der Waals surface area contributed by atoms with Crippen LogP contribution in [-0.2, 0) is 25.6 Å². The molecular weight excluding hydrogens is 710 g/mol. The number of aliphatic hydroxyl groups is 1. The number of amides is 5. The largest absolute Gasteiger partial charge is 0.497 e. The summed E-state index contributed by atoms with van der Waals surface area (Å²) < 4.78 is 22.6. The molecule has 2 aliphatic heterocycles. The Balaban J connectivity index is 1.53. The third kappa shape index (κ3) is 12.1. The molecule has 0 radical (unpaired) electrons. The average molecular weight is 766 g/mol. The second-order valence-electron chi connectivity index (χ2n) is 14.2. The molecule has 15 nitrogen and oxygen atoms in total. The normalized spacial score (nSPS) is 19.5. The minimum atomic E-state index is -1.26. The zero-order chi connectivity index (χ0) is 40.1. The molecule has 3 atom stereocenters. The van der Waals surface area contributed by atoms with Gasteiger partial charge in [0.05, 0.1) is 20.3 Å². The van der Waals surface area contributed by atoms with Crippen molar-refractivity contribution in [3.05, 3.63) is 53.3 Å². The van der Waals surface area contributed by atoms with Gasteiger partial charge in [-0.2, -0.15) is 0 Å². The van der Waals surface area contributed by atoms with E-state index in [1.807, 2.05) is 26.8 Å². The molecule has 1 aromatic heterocycles. The Morgan fingerprint density at radius 1 is 0.891 bits per heavy atom. The van der Waals surface area contributed by atoms with E-state index in [0.717, 1.165) is 10.9 Å². The van der Waals surface area contributed by atoms with E-state index in [9.17, 15) is 29.1 Å². The maximum Gasteiger partial charge on any atom is 0.289 e. The van der Waals surface area contributed by atoms with Crippen molar-refractivity contribution in [2.75, 3.05) is 47.0 Å². The predicted molar refractivity (Wildman–Crippen MR) is 205 cm³/mol. The lowest BCUT2D eigenvalue weighted by Crippen LogP contribution is -2.57. The van der Waals surface area contributed by atoms with Crippen LogP contribution >= 0.6 is 0 Å². The fourth-order valence-corrected chi connectivity index (χ4v) is 6.31. The first-order valence-corrected chi connectivity index (χ1v) is 18.8. The first-order valence-electron chi connectivity index (χ1n) is 18.8. The molecule has 3 aromatic rings. The van der Waals surface area contributed by atoms with Crippen molar-refractivity contribution < 1.29 is 47.7 Å². The number of hydrogen-bond acceptors (Lipinski definition) is 10. The molecule has 0 saturated carbocycles. The number of hydrogen-bond donors (Lipinski definition) is 5. The molecule has 3 heterocycles. The summed E-state index contributed by atoms with van der Waals surface area (Å²) in [7, 11) is 3.03. The van der Waals surface area contributed by atoms with Crippen molar-refractivity contribution in [3.8, 4) is 17.2 Å². The maximum atomic E-state index is 13.9. The Labute approximate surface area is 321 Å². The van der Waals surface area contributed by atoms with Gasteiger partial charge in [-0.05, 0) is 81.7 Å². The number of aliphatic hydroxyl groups excluding tert-OH is 1. The summed E-state index contributed by atoms with van der Waals surface area (Å²) in [5, 5.41) is 22.3. The van der Waals surface area contributed by atoms with E-state index in [4.69, 9.17) is 18.6 Å². The molecule has 2 bridgehead atoms. The standard InChI is InChI=1S/C40H55N5O10/c1-24(2)20-30-38(49)44-36(26(4)46)39(50)42-16-7-8-18-45(40(51)37-25(3)29-13-12-28(52-5)22-32(29)55-37)19-9-17-41-35(48)23-54-31-14-10-27(21-33(31)53-6)11-15-34(47)43-30/h10,12-14,21-22,24,26,30,36,46H,7-9,11,15-20,23H2,1-6H3,(H,41,48)(H,42,50)(H,43,47)(H,44,49)/t26-,30-,36+/m1/s1. The Bertz CT molecular complexity index is 1810. The SMILES string of the molecule is COc1ccc2c(C)c(C(=O)N3CCCCNC(=O)[C@H]([C@@H](C)O)NC(=O)[C@@H](CC(C)C)NC(=O)CCc4ccc(c(OC)c4)OCC(=O)NCCC3)oc2c1.